The maximum Gasteiger partial charge on any atom is 0.319 e. The molecule has 0 aromatic rings. The van der Waals surface area contributed by atoms with Crippen molar-refractivity contribution in [3.63, 3.8) is 0 Å². The molecule has 1 atom stereocenters. The van der Waals surface area contributed by atoms with Crippen molar-refractivity contribution in [1.82, 2.24) is 9.80 Å². The highest BCUT2D eigenvalue weighted by atomic mass is 19.3. The van der Waals surface area contributed by atoms with Crippen LogP contribution in [0, 0.1) is 0 Å². The molecule has 0 bridgehead atoms. The van der Waals surface area contributed by atoms with Gasteiger partial charge in [0.05, 0.1) is 12.6 Å². The maximum absolute atomic E-state index is 12.9. The Kier molecular flexibility index (Phi) is 6.91. The Balaban J connectivity index is 2.28. The average Bonchev–Trinajstić information content (AvgIpc) is 2.38. The minimum atomic E-state index is -3.95. The Morgan fingerprint density at radius 2 is 1.70 bits per heavy atom. The van der Waals surface area contributed by atoms with Crippen LogP contribution in [0.5, 0.6) is 0 Å². The molecule has 0 amide bonds. The molecule has 1 heterocycles. The highest BCUT2D eigenvalue weighted by Gasteiger charge is 2.42. The molecule has 1 aliphatic rings. The van der Waals surface area contributed by atoms with Gasteiger partial charge in [-0.2, -0.15) is 8.78 Å². The summed E-state index contributed by atoms with van der Waals surface area (Å²) in [5.74, 6) is -3.95. The predicted octanol–water partition coefficient (Wildman–Crippen LogP) is 1.83. The first kappa shape index (κ1) is 17.4. The van der Waals surface area contributed by atoms with E-state index in [0.29, 0.717) is 39.1 Å². The van der Waals surface area contributed by atoms with E-state index in [1.54, 1.807) is 6.08 Å². The number of allylic oxidation sites excluding steroid dienone is 1. The summed E-state index contributed by atoms with van der Waals surface area (Å²) in [6.45, 7) is 4.79. The van der Waals surface area contributed by atoms with E-state index >= 15 is 0 Å². The lowest BCUT2D eigenvalue weighted by atomic mass is 10.1. The first-order chi connectivity index (χ1) is 9.35. The summed E-state index contributed by atoms with van der Waals surface area (Å²) in [5.41, 5.74) is 0. The molecule has 7 heteroatoms. The Morgan fingerprint density at radius 3 is 2.20 bits per heavy atom. The van der Waals surface area contributed by atoms with Crippen molar-refractivity contribution in [2.75, 3.05) is 39.3 Å². The second-order valence-electron chi connectivity index (χ2n) is 5.16. The maximum atomic E-state index is 12.9. The summed E-state index contributed by atoms with van der Waals surface area (Å²) in [6.07, 6.45) is -1.02. The number of hydrogen-bond acceptors (Lipinski definition) is 3. The van der Waals surface area contributed by atoms with E-state index in [9.17, 15) is 22.7 Å². The lowest BCUT2D eigenvalue weighted by Crippen LogP contribution is -2.52. The number of halogens is 4. The Bertz CT molecular complexity index is 294. The number of aliphatic hydroxyl groups excluding tert-OH is 1. The van der Waals surface area contributed by atoms with Crippen LogP contribution in [0.2, 0.25) is 0 Å². The number of piperazine rings is 1. The molecule has 0 aromatic carbocycles. The third-order valence-electron chi connectivity index (χ3n) is 3.39. The molecule has 1 rings (SSSR count). The molecule has 0 radical (unpaired) electrons. The van der Waals surface area contributed by atoms with Crippen LogP contribution in [0.1, 0.15) is 12.8 Å². The van der Waals surface area contributed by atoms with Crippen LogP contribution >= 0.6 is 0 Å². The molecule has 1 saturated heterocycles. The van der Waals surface area contributed by atoms with Crippen LogP contribution in [-0.2, 0) is 0 Å². The number of rotatable bonds is 8. The van der Waals surface area contributed by atoms with E-state index in [2.05, 4.69) is 6.58 Å². The van der Waals surface area contributed by atoms with Gasteiger partial charge in [-0.15, -0.1) is 6.58 Å². The molecule has 0 saturated carbocycles. The summed E-state index contributed by atoms with van der Waals surface area (Å²) in [7, 11) is 0. The highest BCUT2D eigenvalue weighted by Crippen LogP contribution is 2.24. The van der Waals surface area contributed by atoms with Crippen LogP contribution in [0.4, 0.5) is 17.6 Å². The van der Waals surface area contributed by atoms with Crippen molar-refractivity contribution in [2.24, 2.45) is 0 Å². The first-order valence-electron chi connectivity index (χ1n) is 6.75. The Labute approximate surface area is 116 Å². The predicted molar refractivity (Wildman–Crippen MR) is 69.3 cm³/mol. The first-order valence-corrected chi connectivity index (χ1v) is 6.75. The highest BCUT2D eigenvalue weighted by molar-refractivity contribution is 4.80. The summed E-state index contributed by atoms with van der Waals surface area (Å²) < 4.78 is 50.1. The molecule has 0 spiro atoms. The number of nitrogens with zero attached hydrogens (tertiary/aromatic N) is 2. The van der Waals surface area contributed by atoms with Crippen LogP contribution in [0.3, 0.4) is 0 Å². The van der Waals surface area contributed by atoms with E-state index in [4.69, 9.17) is 0 Å². The van der Waals surface area contributed by atoms with E-state index in [1.807, 2.05) is 4.90 Å². The van der Waals surface area contributed by atoms with Crippen LogP contribution < -0.4 is 0 Å². The third-order valence-corrected chi connectivity index (χ3v) is 3.39. The third kappa shape index (κ3) is 5.76. The summed E-state index contributed by atoms with van der Waals surface area (Å²) in [6, 6.07) is 0. The van der Waals surface area contributed by atoms with E-state index in [-0.39, 0.29) is 0 Å². The monoisotopic (exact) mass is 298 g/mol. The topological polar surface area (TPSA) is 26.7 Å². The molecule has 1 fully saturated rings. The quantitative estimate of drug-likeness (QED) is 0.547. The number of β-amino-alcohol motifs (C(OH)–C–C–N with tert-alkyl or cyclic N) is 1. The van der Waals surface area contributed by atoms with Gasteiger partial charge in [0.15, 0.2) is 0 Å². The van der Waals surface area contributed by atoms with Gasteiger partial charge in [0.25, 0.3) is 0 Å². The molecule has 3 nitrogen and oxygen atoms in total. The van der Waals surface area contributed by atoms with Gasteiger partial charge in [-0.05, 0) is 12.8 Å². The molecule has 20 heavy (non-hydrogen) atoms. The van der Waals surface area contributed by atoms with Gasteiger partial charge in [-0.1, -0.05) is 6.08 Å². The van der Waals surface area contributed by atoms with Gasteiger partial charge in [0.2, 0.25) is 0 Å². The summed E-state index contributed by atoms with van der Waals surface area (Å²) in [4.78, 5) is 3.31. The molecule has 1 aliphatic heterocycles. The van der Waals surface area contributed by atoms with E-state index < -0.39 is 25.0 Å². The van der Waals surface area contributed by atoms with E-state index in [0.717, 1.165) is 6.42 Å². The average molecular weight is 298 g/mol. The molecule has 0 aliphatic carbocycles. The lowest BCUT2D eigenvalue weighted by Gasteiger charge is -2.36. The fourth-order valence-corrected chi connectivity index (χ4v) is 2.20. The SMILES string of the molecule is C=CCCC(O)CN1CCN(CC(F)(F)C(F)F)CC1. The van der Waals surface area contributed by atoms with Crippen LogP contribution in [-0.4, -0.2) is 72.6 Å². The molecule has 118 valence electrons. The minimum absolute atomic E-state index is 0.316. The van der Waals surface area contributed by atoms with Crippen molar-refractivity contribution >= 4 is 0 Å². The zero-order chi connectivity index (χ0) is 15.2. The summed E-state index contributed by atoms with van der Waals surface area (Å²) >= 11 is 0. The van der Waals surface area contributed by atoms with Crippen molar-refractivity contribution in [1.29, 1.82) is 0 Å². The van der Waals surface area contributed by atoms with Crippen molar-refractivity contribution in [3.8, 4) is 0 Å². The van der Waals surface area contributed by atoms with Gasteiger partial charge in [-0.25, -0.2) is 8.78 Å². The van der Waals surface area contributed by atoms with Gasteiger partial charge < -0.3 is 5.11 Å². The number of aliphatic hydroxyl groups is 1. The largest absolute Gasteiger partial charge is 0.392 e. The fourth-order valence-electron chi connectivity index (χ4n) is 2.20. The standard InChI is InChI=1S/C13H22F4N2O/c1-2-3-4-11(20)9-18-5-7-19(8-6-18)10-13(16,17)12(14)15/h2,11-12,20H,1,3-10H2. The second kappa shape index (κ2) is 7.95. The Morgan fingerprint density at radius 1 is 1.15 bits per heavy atom. The molecule has 1 unspecified atom stereocenters. The zero-order valence-corrected chi connectivity index (χ0v) is 11.4. The zero-order valence-electron chi connectivity index (χ0n) is 11.4. The van der Waals surface area contributed by atoms with Crippen molar-refractivity contribution in [2.45, 2.75) is 31.3 Å². The van der Waals surface area contributed by atoms with Gasteiger partial charge in [0, 0.05) is 32.7 Å². The van der Waals surface area contributed by atoms with Crippen LogP contribution in [0.25, 0.3) is 0 Å². The Hall–Kier alpha value is -0.660. The summed E-state index contributed by atoms with van der Waals surface area (Å²) in [5, 5.41) is 9.74. The van der Waals surface area contributed by atoms with Crippen molar-refractivity contribution in [3.05, 3.63) is 12.7 Å². The number of hydrogen-bond donors (Lipinski definition) is 1. The van der Waals surface area contributed by atoms with Gasteiger partial charge in [-0.3, -0.25) is 9.80 Å². The second-order valence-corrected chi connectivity index (χ2v) is 5.16. The van der Waals surface area contributed by atoms with Crippen LogP contribution in [0.15, 0.2) is 12.7 Å². The molecular weight excluding hydrogens is 276 g/mol. The minimum Gasteiger partial charge on any atom is -0.392 e. The van der Waals surface area contributed by atoms with E-state index in [1.165, 1.54) is 4.90 Å². The lowest BCUT2D eigenvalue weighted by molar-refractivity contribution is -0.145. The van der Waals surface area contributed by atoms with Crippen molar-refractivity contribution < 1.29 is 22.7 Å². The molecular formula is C13H22F4N2O. The number of alkyl halides is 4. The fraction of sp³-hybridized carbons (Fsp3) is 0.846. The smallest absolute Gasteiger partial charge is 0.319 e. The normalized spacial score (nSPS) is 20.3. The molecule has 1 N–H and O–H groups in total. The van der Waals surface area contributed by atoms with Gasteiger partial charge in [0.1, 0.15) is 0 Å². The molecule has 0 aromatic heterocycles. The van der Waals surface area contributed by atoms with Gasteiger partial charge >= 0.3 is 12.3 Å².